The summed E-state index contributed by atoms with van der Waals surface area (Å²) < 4.78 is 0. The fraction of sp³-hybridized carbons (Fsp3) is 0.381. The van der Waals surface area contributed by atoms with Crippen LogP contribution in [0.2, 0.25) is 0 Å². The van der Waals surface area contributed by atoms with Gasteiger partial charge < -0.3 is 4.90 Å². The lowest BCUT2D eigenvalue weighted by Crippen LogP contribution is -2.59. The SMILES string of the molecule is O=C1[C@@H]2CCCN2C[C@H](Cc2ccccc2)N1Cc1ccccc1. The molecule has 0 aromatic heterocycles. The molecule has 2 aromatic rings. The molecular weight excluding hydrogens is 296 g/mol. The fourth-order valence-corrected chi connectivity index (χ4v) is 4.11. The zero-order chi connectivity index (χ0) is 16.4. The molecule has 0 aliphatic carbocycles. The molecule has 3 nitrogen and oxygen atoms in total. The molecule has 2 saturated heterocycles. The van der Waals surface area contributed by atoms with E-state index in [0.29, 0.717) is 5.91 Å². The van der Waals surface area contributed by atoms with Gasteiger partial charge in [0, 0.05) is 19.1 Å². The average Bonchev–Trinajstić information content (AvgIpc) is 3.09. The zero-order valence-corrected chi connectivity index (χ0v) is 14.0. The van der Waals surface area contributed by atoms with Crippen LogP contribution in [0, 0.1) is 0 Å². The highest BCUT2D eigenvalue weighted by Crippen LogP contribution is 2.28. The fourth-order valence-electron chi connectivity index (χ4n) is 4.11. The lowest BCUT2D eigenvalue weighted by Gasteiger charge is -2.43. The summed E-state index contributed by atoms with van der Waals surface area (Å²) in [6, 6.07) is 21.3. The van der Waals surface area contributed by atoms with Crippen LogP contribution in [0.3, 0.4) is 0 Å². The minimum Gasteiger partial charge on any atom is -0.332 e. The number of hydrogen-bond acceptors (Lipinski definition) is 2. The van der Waals surface area contributed by atoms with Crippen LogP contribution in [0.5, 0.6) is 0 Å². The van der Waals surface area contributed by atoms with Gasteiger partial charge in [0.2, 0.25) is 5.91 Å². The number of benzene rings is 2. The Bertz CT molecular complexity index is 685. The molecule has 0 bridgehead atoms. The first-order chi connectivity index (χ1) is 11.8. The Morgan fingerprint density at radius 2 is 1.58 bits per heavy atom. The molecule has 0 unspecified atom stereocenters. The highest BCUT2D eigenvalue weighted by Gasteiger charge is 2.42. The van der Waals surface area contributed by atoms with Crippen molar-refractivity contribution in [3.05, 3.63) is 71.8 Å². The van der Waals surface area contributed by atoms with Crippen LogP contribution in [0.4, 0.5) is 0 Å². The predicted octanol–water partition coefficient (Wildman–Crippen LogP) is 3.10. The van der Waals surface area contributed by atoms with E-state index >= 15 is 0 Å². The van der Waals surface area contributed by atoms with Crippen molar-refractivity contribution in [2.24, 2.45) is 0 Å². The highest BCUT2D eigenvalue weighted by atomic mass is 16.2. The molecule has 3 heteroatoms. The van der Waals surface area contributed by atoms with Crippen molar-refractivity contribution < 1.29 is 4.79 Å². The van der Waals surface area contributed by atoms with Gasteiger partial charge in [0.1, 0.15) is 0 Å². The smallest absolute Gasteiger partial charge is 0.240 e. The minimum absolute atomic E-state index is 0.112. The van der Waals surface area contributed by atoms with Crippen LogP contribution in [0.25, 0.3) is 0 Å². The third-order valence-electron chi connectivity index (χ3n) is 5.33. The van der Waals surface area contributed by atoms with Crippen molar-refractivity contribution in [3.8, 4) is 0 Å². The van der Waals surface area contributed by atoms with E-state index in [0.717, 1.165) is 38.9 Å². The number of amides is 1. The summed E-state index contributed by atoms with van der Waals surface area (Å²) >= 11 is 0. The Kier molecular flexibility index (Phi) is 4.35. The number of piperazine rings is 1. The van der Waals surface area contributed by atoms with E-state index < -0.39 is 0 Å². The van der Waals surface area contributed by atoms with E-state index in [1.165, 1.54) is 11.1 Å². The lowest BCUT2D eigenvalue weighted by molar-refractivity contribution is -0.145. The standard InChI is InChI=1S/C21H24N2O/c24-21-20-12-7-13-22(20)16-19(14-17-8-3-1-4-9-17)23(21)15-18-10-5-2-6-11-18/h1-6,8-11,19-20H,7,12-16H2/t19-,20-/m0/s1. The first-order valence-corrected chi connectivity index (χ1v) is 8.93. The molecule has 2 aliphatic heterocycles. The molecule has 4 rings (SSSR count). The van der Waals surface area contributed by atoms with Crippen LogP contribution in [-0.4, -0.2) is 40.9 Å². The molecule has 1 amide bonds. The summed E-state index contributed by atoms with van der Waals surface area (Å²) in [4.78, 5) is 17.6. The van der Waals surface area contributed by atoms with Crippen molar-refractivity contribution in [1.29, 1.82) is 0 Å². The van der Waals surface area contributed by atoms with E-state index in [1.807, 2.05) is 12.1 Å². The maximum atomic E-state index is 13.1. The minimum atomic E-state index is 0.112. The monoisotopic (exact) mass is 320 g/mol. The number of hydrogen-bond donors (Lipinski definition) is 0. The summed E-state index contributed by atoms with van der Waals surface area (Å²) in [6.07, 6.45) is 3.10. The molecule has 0 radical (unpaired) electrons. The molecule has 0 spiro atoms. The van der Waals surface area contributed by atoms with Gasteiger partial charge in [-0.3, -0.25) is 9.69 Å². The average molecular weight is 320 g/mol. The van der Waals surface area contributed by atoms with Gasteiger partial charge in [-0.05, 0) is 36.9 Å². The van der Waals surface area contributed by atoms with Gasteiger partial charge in [0.25, 0.3) is 0 Å². The van der Waals surface area contributed by atoms with Crippen LogP contribution < -0.4 is 0 Å². The molecule has 0 N–H and O–H groups in total. The van der Waals surface area contributed by atoms with Gasteiger partial charge in [-0.1, -0.05) is 60.7 Å². The van der Waals surface area contributed by atoms with Crippen LogP contribution in [0.1, 0.15) is 24.0 Å². The molecule has 124 valence electrons. The normalized spacial score (nSPS) is 24.2. The summed E-state index contributed by atoms with van der Waals surface area (Å²) in [5.41, 5.74) is 2.53. The van der Waals surface area contributed by atoms with Crippen LogP contribution >= 0.6 is 0 Å². The summed E-state index contributed by atoms with van der Waals surface area (Å²) in [7, 11) is 0. The van der Waals surface area contributed by atoms with Gasteiger partial charge in [-0.15, -0.1) is 0 Å². The van der Waals surface area contributed by atoms with Crippen molar-refractivity contribution in [2.45, 2.75) is 37.9 Å². The third-order valence-corrected chi connectivity index (χ3v) is 5.33. The quantitative estimate of drug-likeness (QED) is 0.864. The zero-order valence-electron chi connectivity index (χ0n) is 14.0. The number of carbonyl (C=O) groups is 1. The van der Waals surface area contributed by atoms with Gasteiger partial charge in [0.15, 0.2) is 0 Å². The summed E-state index contributed by atoms with van der Waals surface area (Å²) in [6.45, 7) is 2.79. The molecule has 2 heterocycles. The third kappa shape index (κ3) is 3.09. The Hall–Kier alpha value is -2.13. The Morgan fingerprint density at radius 3 is 2.29 bits per heavy atom. The van der Waals surface area contributed by atoms with Crippen molar-refractivity contribution in [1.82, 2.24) is 9.80 Å². The molecule has 2 aromatic carbocycles. The van der Waals surface area contributed by atoms with Crippen molar-refractivity contribution >= 4 is 5.91 Å². The summed E-state index contributed by atoms with van der Waals surface area (Å²) in [5.74, 6) is 0.323. The lowest BCUT2D eigenvalue weighted by atomic mass is 9.98. The van der Waals surface area contributed by atoms with E-state index in [1.54, 1.807) is 0 Å². The highest BCUT2D eigenvalue weighted by molar-refractivity contribution is 5.83. The second kappa shape index (κ2) is 6.78. The van der Waals surface area contributed by atoms with E-state index in [-0.39, 0.29) is 12.1 Å². The molecule has 2 fully saturated rings. The van der Waals surface area contributed by atoms with Crippen LogP contribution in [-0.2, 0) is 17.8 Å². The first kappa shape index (κ1) is 15.4. The first-order valence-electron chi connectivity index (χ1n) is 8.93. The second-order valence-electron chi connectivity index (χ2n) is 6.95. The maximum absolute atomic E-state index is 13.1. The van der Waals surface area contributed by atoms with Gasteiger partial charge in [-0.2, -0.15) is 0 Å². The van der Waals surface area contributed by atoms with E-state index in [4.69, 9.17) is 0 Å². The number of fused-ring (bicyclic) bond motifs is 1. The Labute approximate surface area is 143 Å². The van der Waals surface area contributed by atoms with Gasteiger partial charge in [0.05, 0.1) is 6.04 Å². The van der Waals surface area contributed by atoms with Crippen molar-refractivity contribution in [2.75, 3.05) is 13.1 Å². The number of carbonyl (C=O) groups excluding carboxylic acids is 1. The second-order valence-corrected chi connectivity index (χ2v) is 6.95. The topological polar surface area (TPSA) is 23.6 Å². The molecule has 2 aliphatic rings. The van der Waals surface area contributed by atoms with Crippen LogP contribution in [0.15, 0.2) is 60.7 Å². The summed E-state index contributed by atoms with van der Waals surface area (Å²) in [5, 5.41) is 0. The maximum Gasteiger partial charge on any atom is 0.240 e. The molecule has 0 saturated carbocycles. The van der Waals surface area contributed by atoms with Crippen molar-refractivity contribution in [3.63, 3.8) is 0 Å². The van der Waals surface area contributed by atoms with Gasteiger partial charge in [-0.25, -0.2) is 0 Å². The number of nitrogens with zero attached hydrogens (tertiary/aromatic N) is 2. The molecular formula is C21H24N2O. The Balaban J connectivity index is 1.58. The number of rotatable bonds is 4. The molecule has 2 atom stereocenters. The molecule has 24 heavy (non-hydrogen) atoms. The largest absolute Gasteiger partial charge is 0.332 e. The predicted molar refractivity (Wildman–Crippen MR) is 95.5 cm³/mol. The van der Waals surface area contributed by atoms with E-state index in [2.05, 4.69) is 58.3 Å². The van der Waals surface area contributed by atoms with Gasteiger partial charge >= 0.3 is 0 Å². The Morgan fingerprint density at radius 1 is 0.917 bits per heavy atom. The van der Waals surface area contributed by atoms with E-state index in [9.17, 15) is 4.79 Å².